The van der Waals surface area contributed by atoms with Crippen molar-refractivity contribution in [2.75, 3.05) is 7.11 Å². The van der Waals surface area contributed by atoms with Crippen LogP contribution in [0.2, 0.25) is 0 Å². The van der Waals surface area contributed by atoms with Crippen LogP contribution in [0.15, 0.2) is 24.3 Å². The Balaban J connectivity index is 0.000000360. The molecule has 172 valence electrons. The second-order valence-electron chi connectivity index (χ2n) is 7.41. The fraction of sp³-hybridized carbons (Fsp3) is 0.381. The van der Waals surface area contributed by atoms with Crippen LogP contribution < -0.4 is 5.32 Å². The second-order valence-corrected chi connectivity index (χ2v) is 7.41. The Bertz CT molecular complexity index is 1120. The molecule has 0 bridgehead atoms. The van der Waals surface area contributed by atoms with Gasteiger partial charge in [0.1, 0.15) is 5.69 Å². The summed E-state index contributed by atoms with van der Waals surface area (Å²) in [4.78, 5) is 24.2. The molecule has 0 saturated carbocycles. The molecule has 11 heteroatoms. The van der Waals surface area contributed by atoms with Crippen molar-refractivity contribution in [3.63, 3.8) is 0 Å². The number of hydrogen-bond acceptors (Lipinski definition) is 5. The fourth-order valence-electron chi connectivity index (χ4n) is 3.74. The molecule has 0 amide bonds. The van der Waals surface area contributed by atoms with Gasteiger partial charge < -0.3 is 20.1 Å². The first-order chi connectivity index (χ1) is 15.1. The average Bonchev–Trinajstić information content (AvgIpc) is 3.31. The molecule has 4 rings (SSSR count). The summed E-state index contributed by atoms with van der Waals surface area (Å²) >= 11 is 0. The molecule has 1 aliphatic carbocycles. The van der Waals surface area contributed by atoms with Crippen molar-refractivity contribution < 1.29 is 32.6 Å². The number of aliphatic carboxylic acids is 1. The number of aryl methyl sites for hydroxylation is 1. The number of hydrogen-bond donors (Lipinski definition) is 4. The molecule has 8 nitrogen and oxygen atoms in total. The van der Waals surface area contributed by atoms with Crippen LogP contribution in [-0.4, -0.2) is 51.6 Å². The summed E-state index contributed by atoms with van der Waals surface area (Å²) < 4.78 is 36.7. The van der Waals surface area contributed by atoms with Gasteiger partial charge in [0.15, 0.2) is 0 Å². The summed E-state index contributed by atoms with van der Waals surface area (Å²) in [7, 11) is 1.41. The lowest BCUT2D eigenvalue weighted by Crippen LogP contribution is -2.34. The number of carbonyl (C=O) groups excluding carboxylic acids is 1. The molecule has 0 radical (unpaired) electrons. The number of nitrogens with zero attached hydrogens (tertiary/aromatic N) is 1. The standard InChI is InChI=1S/C19H22N4O2.C2HF3O2/c1-11-13-8-7-12(9-17(13)23-22-11)20-10-15-14-5-3-4-6-16(14)21-18(15)19(24)25-2;3-2(4,5)1(6)7/h3-6,12,20-21H,7-10H2,1-2H3,(H,22,23);(H,6,7). The summed E-state index contributed by atoms with van der Waals surface area (Å²) in [5.41, 5.74) is 6.15. The van der Waals surface area contributed by atoms with Gasteiger partial charge in [-0.1, -0.05) is 18.2 Å². The molecule has 0 fully saturated rings. The molecule has 1 aromatic carbocycles. The molecule has 32 heavy (non-hydrogen) atoms. The largest absolute Gasteiger partial charge is 0.490 e. The minimum Gasteiger partial charge on any atom is -0.475 e. The van der Waals surface area contributed by atoms with Crippen molar-refractivity contribution in [1.82, 2.24) is 20.5 Å². The maximum Gasteiger partial charge on any atom is 0.490 e. The van der Waals surface area contributed by atoms with Crippen LogP contribution in [0.4, 0.5) is 13.2 Å². The van der Waals surface area contributed by atoms with Gasteiger partial charge in [0.25, 0.3) is 0 Å². The van der Waals surface area contributed by atoms with E-state index in [1.54, 1.807) is 0 Å². The van der Waals surface area contributed by atoms with E-state index in [0.29, 0.717) is 18.3 Å². The number of fused-ring (bicyclic) bond motifs is 2. The number of aromatic nitrogens is 3. The van der Waals surface area contributed by atoms with E-state index in [-0.39, 0.29) is 5.97 Å². The van der Waals surface area contributed by atoms with E-state index >= 15 is 0 Å². The first-order valence-electron chi connectivity index (χ1n) is 9.86. The third-order valence-corrected chi connectivity index (χ3v) is 5.36. The maximum absolute atomic E-state index is 12.1. The van der Waals surface area contributed by atoms with Gasteiger partial charge >= 0.3 is 18.1 Å². The minimum absolute atomic E-state index is 0.332. The number of halogens is 3. The third kappa shape index (κ3) is 5.10. The van der Waals surface area contributed by atoms with E-state index in [1.807, 2.05) is 24.3 Å². The smallest absolute Gasteiger partial charge is 0.475 e. The first-order valence-corrected chi connectivity index (χ1v) is 9.86. The van der Waals surface area contributed by atoms with Crippen molar-refractivity contribution in [2.45, 2.75) is 44.9 Å². The molecule has 3 aromatic rings. The molecule has 0 aliphatic heterocycles. The van der Waals surface area contributed by atoms with Gasteiger partial charge in [-0.05, 0) is 31.4 Å². The zero-order valence-electron chi connectivity index (χ0n) is 17.5. The number of H-pyrrole nitrogens is 2. The lowest BCUT2D eigenvalue weighted by atomic mass is 9.92. The second kappa shape index (κ2) is 9.43. The topological polar surface area (TPSA) is 120 Å². The SMILES string of the molecule is COC(=O)c1[nH]c2ccccc2c1CNC1CCc2c(n[nH]c2C)C1.O=C(O)C(F)(F)F. The fourth-order valence-corrected chi connectivity index (χ4v) is 3.74. The number of nitrogens with one attached hydrogen (secondary N) is 3. The van der Waals surface area contributed by atoms with Gasteiger partial charge in [-0.2, -0.15) is 18.3 Å². The summed E-state index contributed by atoms with van der Waals surface area (Å²) in [5.74, 6) is -3.09. The molecular formula is C21H23F3N4O4. The monoisotopic (exact) mass is 452 g/mol. The van der Waals surface area contributed by atoms with Crippen LogP contribution in [0.5, 0.6) is 0 Å². The van der Waals surface area contributed by atoms with E-state index in [9.17, 15) is 18.0 Å². The number of methoxy groups -OCH3 is 1. The van der Waals surface area contributed by atoms with E-state index in [4.69, 9.17) is 14.6 Å². The van der Waals surface area contributed by atoms with Crippen molar-refractivity contribution in [3.8, 4) is 0 Å². The highest BCUT2D eigenvalue weighted by Gasteiger charge is 2.38. The molecule has 4 N–H and O–H groups in total. The number of carbonyl (C=O) groups is 2. The van der Waals surface area contributed by atoms with Crippen LogP contribution in [0, 0.1) is 6.92 Å². The van der Waals surface area contributed by atoms with E-state index in [1.165, 1.54) is 18.4 Å². The quantitative estimate of drug-likeness (QED) is 0.451. The van der Waals surface area contributed by atoms with Gasteiger partial charge in [-0.15, -0.1) is 0 Å². The third-order valence-electron chi connectivity index (χ3n) is 5.36. The lowest BCUT2D eigenvalue weighted by Gasteiger charge is -2.23. The zero-order chi connectivity index (χ0) is 23.5. The summed E-state index contributed by atoms with van der Waals surface area (Å²) in [6.07, 6.45) is -2.06. The van der Waals surface area contributed by atoms with Gasteiger partial charge in [0.05, 0.1) is 12.8 Å². The Hall–Kier alpha value is -3.34. The molecule has 1 aliphatic rings. The van der Waals surface area contributed by atoms with Crippen LogP contribution in [-0.2, 0) is 28.9 Å². The van der Waals surface area contributed by atoms with Gasteiger partial charge in [0, 0.05) is 41.2 Å². The predicted molar refractivity (Wildman–Crippen MR) is 109 cm³/mol. The molecular weight excluding hydrogens is 429 g/mol. The number of para-hydroxylation sites is 1. The minimum atomic E-state index is -5.08. The number of esters is 1. The summed E-state index contributed by atoms with van der Waals surface area (Å²) in [6, 6.07) is 8.31. The van der Waals surface area contributed by atoms with Crippen molar-refractivity contribution in [3.05, 3.63) is 52.5 Å². The Kier molecular flexibility index (Phi) is 6.87. The first kappa shape index (κ1) is 23.3. The van der Waals surface area contributed by atoms with Crippen LogP contribution in [0.1, 0.15) is 39.4 Å². The van der Waals surface area contributed by atoms with Crippen LogP contribution in [0.25, 0.3) is 10.9 Å². The number of alkyl halides is 3. The van der Waals surface area contributed by atoms with Gasteiger partial charge in [0.2, 0.25) is 0 Å². The zero-order valence-corrected chi connectivity index (χ0v) is 17.5. The number of ether oxygens (including phenoxy) is 1. The lowest BCUT2D eigenvalue weighted by molar-refractivity contribution is -0.192. The average molecular weight is 452 g/mol. The normalized spacial score (nSPS) is 15.6. The van der Waals surface area contributed by atoms with Crippen molar-refractivity contribution in [2.24, 2.45) is 0 Å². The highest BCUT2D eigenvalue weighted by atomic mass is 19.4. The van der Waals surface area contributed by atoms with Crippen LogP contribution in [0.3, 0.4) is 0 Å². The van der Waals surface area contributed by atoms with Gasteiger partial charge in [-0.3, -0.25) is 5.10 Å². The van der Waals surface area contributed by atoms with Crippen molar-refractivity contribution in [1.29, 1.82) is 0 Å². The Morgan fingerprint density at radius 2 is 2.00 bits per heavy atom. The van der Waals surface area contributed by atoms with Crippen LogP contribution >= 0.6 is 0 Å². The number of aromatic amines is 2. The maximum atomic E-state index is 12.1. The van der Waals surface area contributed by atoms with Crippen molar-refractivity contribution >= 4 is 22.8 Å². The molecule has 2 heterocycles. The number of carboxylic acids is 1. The molecule has 1 unspecified atom stereocenters. The number of rotatable bonds is 4. The molecule has 2 aromatic heterocycles. The number of carboxylic acid groups (broad SMARTS) is 1. The Morgan fingerprint density at radius 1 is 1.31 bits per heavy atom. The van der Waals surface area contributed by atoms with Gasteiger partial charge in [-0.25, -0.2) is 9.59 Å². The number of benzene rings is 1. The Morgan fingerprint density at radius 3 is 2.66 bits per heavy atom. The molecule has 1 atom stereocenters. The highest BCUT2D eigenvalue weighted by molar-refractivity contribution is 5.98. The molecule has 0 spiro atoms. The predicted octanol–water partition coefficient (Wildman–Crippen LogP) is 3.27. The highest BCUT2D eigenvalue weighted by Crippen LogP contribution is 2.25. The van der Waals surface area contributed by atoms with E-state index in [2.05, 4.69) is 27.4 Å². The Labute approximate surface area is 181 Å². The summed E-state index contributed by atoms with van der Waals surface area (Å²) in [5, 5.41) is 19.3. The van der Waals surface area contributed by atoms with E-state index < -0.39 is 12.1 Å². The summed E-state index contributed by atoms with van der Waals surface area (Å²) in [6.45, 7) is 2.70. The molecule has 0 saturated heterocycles. The van der Waals surface area contributed by atoms with E-state index in [0.717, 1.165) is 41.4 Å².